The molecule has 2 fully saturated rings. The Balaban J connectivity index is 1.37. The summed E-state index contributed by atoms with van der Waals surface area (Å²) < 4.78 is 43.6. The zero-order chi connectivity index (χ0) is 23.6. The van der Waals surface area contributed by atoms with Crippen LogP contribution in [0.1, 0.15) is 53.2 Å². The normalized spacial score (nSPS) is 19.6. The van der Waals surface area contributed by atoms with E-state index in [0.717, 1.165) is 36.3 Å². The SMILES string of the molecule is COc1cccc(C2CCCN2C(=O)C2CCN(C(=O)c3ccc(C(F)(F)F)cc3)CC2)c1. The fraction of sp³-hybridized carbons (Fsp3) is 0.440. The Labute approximate surface area is 191 Å². The van der Waals surface area contributed by atoms with Gasteiger partial charge in [0.25, 0.3) is 5.91 Å². The number of methoxy groups -OCH3 is 1. The Hall–Kier alpha value is -3.03. The fourth-order valence-corrected chi connectivity index (χ4v) is 4.77. The summed E-state index contributed by atoms with van der Waals surface area (Å²) in [5, 5.41) is 0. The van der Waals surface area contributed by atoms with Crippen molar-refractivity contribution in [2.24, 2.45) is 5.92 Å². The van der Waals surface area contributed by atoms with Gasteiger partial charge in [-0.3, -0.25) is 9.59 Å². The largest absolute Gasteiger partial charge is 0.497 e. The van der Waals surface area contributed by atoms with Gasteiger partial charge in [0.2, 0.25) is 5.91 Å². The predicted molar refractivity (Wildman–Crippen MR) is 117 cm³/mol. The average molecular weight is 460 g/mol. The van der Waals surface area contributed by atoms with E-state index >= 15 is 0 Å². The van der Waals surface area contributed by atoms with Gasteiger partial charge >= 0.3 is 6.18 Å². The number of likely N-dealkylation sites (tertiary alicyclic amines) is 2. The molecule has 5 nitrogen and oxygen atoms in total. The second kappa shape index (κ2) is 9.45. The molecule has 0 radical (unpaired) electrons. The number of carbonyl (C=O) groups excluding carboxylic acids is 2. The van der Waals surface area contributed by atoms with Crippen LogP contribution in [0, 0.1) is 5.92 Å². The second-order valence-corrected chi connectivity index (χ2v) is 8.61. The molecular formula is C25H27F3N2O3. The van der Waals surface area contributed by atoms with Crippen molar-refractivity contribution in [3.63, 3.8) is 0 Å². The third-order valence-electron chi connectivity index (χ3n) is 6.61. The van der Waals surface area contributed by atoms with Gasteiger partial charge in [0.05, 0.1) is 18.7 Å². The van der Waals surface area contributed by atoms with Crippen molar-refractivity contribution >= 4 is 11.8 Å². The molecule has 2 amide bonds. The van der Waals surface area contributed by atoms with E-state index < -0.39 is 11.7 Å². The highest BCUT2D eigenvalue weighted by Gasteiger charge is 2.36. The number of piperidine rings is 1. The number of benzene rings is 2. The Morgan fingerprint density at radius 1 is 0.970 bits per heavy atom. The number of hydrogen-bond acceptors (Lipinski definition) is 3. The molecule has 176 valence electrons. The summed E-state index contributed by atoms with van der Waals surface area (Å²) in [6.45, 7) is 1.53. The molecular weight excluding hydrogens is 433 g/mol. The van der Waals surface area contributed by atoms with E-state index in [9.17, 15) is 22.8 Å². The minimum Gasteiger partial charge on any atom is -0.497 e. The van der Waals surface area contributed by atoms with Crippen molar-refractivity contribution in [1.29, 1.82) is 0 Å². The standard InChI is InChI=1S/C25H27F3N2O3/c1-33-21-5-2-4-19(16-21)22-6-3-13-30(22)24(32)18-11-14-29(15-12-18)23(31)17-7-9-20(10-8-17)25(26,27)28/h2,4-5,7-10,16,18,22H,3,6,11-15H2,1H3. The number of carbonyl (C=O) groups is 2. The van der Waals surface area contributed by atoms with E-state index in [1.165, 1.54) is 12.1 Å². The van der Waals surface area contributed by atoms with Gasteiger partial charge in [0.1, 0.15) is 5.75 Å². The van der Waals surface area contributed by atoms with E-state index in [1.807, 2.05) is 29.2 Å². The molecule has 4 rings (SSSR count). The summed E-state index contributed by atoms with van der Waals surface area (Å²) >= 11 is 0. The lowest BCUT2D eigenvalue weighted by molar-refractivity contribution is -0.138. The van der Waals surface area contributed by atoms with Crippen molar-refractivity contribution in [2.75, 3.05) is 26.7 Å². The lowest BCUT2D eigenvalue weighted by atomic mass is 9.93. The molecule has 0 aromatic heterocycles. The van der Waals surface area contributed by atoms with Gasteiger partial charge in [-0.15, -0.1) is 0 Å². The van der Waals surface area contributed by atoms with Crippen LogP contribution < -0.4 is 4.74 Å². The zero-order valence-corrected chi connectivity index (χ0v) is 18.5. The first-order valence-corrected chi connectivity index (χ1v) is 11.2. The molecule has 1 atom stereocenters. The Morgan fingerprint density at radius 2 is 1.67 bits per heavy atom. The van der Waals surface area contributed by atoms with Gasteiger partial charge in [0, 0.05) is 31.1 Å². The van der Waals surface area contributed by atoms with Gasteiger partial charge in [-0.2, -0.15) is 13.2 Å². The van der Waals surface area contributed by atoms with Crippen LogP contribution in [0.4, 0.5) is 13.2 Å². The highest BCUT2D eigenvalue weighted by Crippen LogP contribution is 2.36. The van der Waals surface area contributed by atoms with Crippen LogP contribution in [0.25, 0.3) is 0 Å². The lowest BCUT2D eigenvalue weighted by Crippen LogP contribution is -2.44. The summed E-state index contributed by atoms with van der Waals surface area (Å²) in [5.74, 6) is 0.418. The number of alkyl halides is 3. The third-order valence-corrected chi connectivity index (χ3v) is 6.61. The van der Waals surface area contributed by atoms with Crippen LogP contribution in [-0.2, 0) is 11.0 Å². The monoisotopic (exact) mass is 460 g/mol. The van der Waals surface area contributed by atoms with E-state index in [2.05, 4.69) is 0 Å². The number of ether oxygens (including phenoxy) is 1. The van der Waals surface area contributed by atoms with Gasteiger partial charge in [-0.1, -0.05) is 12.1 Å². The molecule has 1 unspecified atom stereocenters. The predicted octanol–water partition coefficient (Wildman–Crippen LogP) is 4.93. The van der Waals surface area contributed by atoms with E-state index in [0.29, 0.717) is 32.5 Å². The minimum atomic E-state index is -4.43. The first kappa shape index (κ1) is 23.1. The van der Waals surface area contributed by atoms with Crippen LogP contribution in [-0.4, -0.2) is 48.4 Å². The van der Waals surface area contributed by atoms with Crippen LogP contribution in [0.15, 0.2) is 48.5 Å². The summed E-state index contributed by atoms with van der Waals surface area (Å²) in [4.78, 5) is 29.6. The molecule has 2 aromatic carbocycles. The second-order valence-electron chi connectivity index (χ2n) is 8.61. The Bertz CT molecular complexity index is 999. The van der Waals surface area contributed by atoms with Gasteiger partial charge in [-0.05, 0) is 67.6 Å². The van der Waals surface area contributed by atoms with Crippen LogP contribution in [0.5, 0.6) is 5.75 Å². The molecule has 2 aromatic rings. The van der Waals surface area contributed by atoms with Crippen molar-refractivity contribution in [2.45, 2.75) is 37.9 Å². The number of nitrogens with zero attached hydrogens (tertiary/aromatic N) is 2. The van der Waals surface area contributed by atoms with E-state index in [1.54, 1.807) is 12.0 Å². The van der Waals surface area contributed by atoms with Crippen LogP contribution in [0.2, 0.25) is 0 Å². The number of hydrogen-bond donors (Lipinski definition) is 0. The smallest absolute Gasteiger partial charge is 0.416 e. The van der Waals surface area contributed by atoms with E-state index in [4.69, 9.17) is 4.74 Å². The number of amides is 2. The van der Waals surface area contributed by atoms with Gasteiger partial charge < -0.3 is 14.5 Å². The van der Waals surface area contributed by atoms with Crippen molar-refractivity contribution < 1.29 is 27.5 Å². The van der Waals surface area contributed by atoms with Crippen molar-refractivity contribution in [3.8, 4) is 5.75 Å². The topological polar surface area (TPSA) is 49.9 Å². The molecule has 33 heavy (non-hydrogen) atoms. The Kier molecular flexibility index (Phi) is 6.63. The van der Waals surface area contributed by atoms with Crippen molar-refractivity contribution in [3.05, 3.63) is 65.2 Å². The highest BCUT2D eigenvalue weighted by molar-refractivity contribution is 5.94. The van der Waals surface area contributed by atoms with Gasteiger partial charge in [0.15, 0.2) is 0 Å². The molecule has 0 saturated carbocycles. The van der Waals surface area contributed by atoms with E-state index in [-0.39, 0.29) is 29.3 Å². The maximum Gasteiger partial charge on any atom is 0.416 e. The summed E-state index contributed by atoms with van der Waals surface area (Å²) in [7, 11) is 1.62. The third kappa shape index (κ3) is 4.99. The quantitative estimate of drug-likeness (QED) is 0.650. The molecule has 2 aliphatic heterocycles. The molecule has 0 N–H and O–H groups in total. The average Bonchev–Trinajstić information content (AvgIpc) is 3.33. The molecule has 8 heteroatoms. The molecule has 2 heterocycles. The lowest BCUT2D eigenvalue weighted by Gasteiger charge is -2.35. The highest BCUT2D eigenvalue weighted by atomic mass is 19.4. The van der Waals surface area contributed by atoms with Gasteiger partial charge in [-0.25, -0.2) is 0 Å². The van der Waals surface area contributed by atoms with Crippen LogP contribution >= 0.6 is 0 Å². The first-order valence-electron chi connectivity index (χ1n) is 11.2. The fourth-order valence-electron chi connectivity index (χ4n) is 4.77. The maximum atomic E-state index is 13.3. The van der Waals surface area contributed by atoms with Crippen LogP contribution in [0.3, 0.4) is 0 Å². The first-order chi connectivity index (χ1) is 15.8. The van der Waals surface area contributed by atoms with Crippen molar-refractivity contribution in [1.82, 2.24) is 9.80 Å². The molecule has 0 aliphatic carbocycles. The summed E-state index contributed by atoms with van der Waals surface area (Å²) in [6, 6.07) is 12.1. The molecule has 0 bridgehead atoms. The zero-order valence-electron chi connectivity index (χ0n) is 18.5. The minimum absolute atomic E-state index is 0.0272. The Morgan fingerprint density at radius 3 is 2.30 bits per heavy atom. The number of rotatable bonds is 4. The number of halogens is 3. The summed E-state index contributed by atoms with van der Waals surface area (Å²) in [6.07, 6.45) is -1.49. The molecule has 0 spiro atoms. The summed E-state index contributed by atoms with van der Waals surface area (Å²) in [5.41, 5.74) is 0.514. The molecule has 2 saturated heterocycles. The maximum absolute atomic E-state index is 13.3. The molecule has 2 aliphatic rings.